The molecule has 0 unspecified atom stereocenters. The molecular formula is C11H11N3O4. The molecule has 7 nitrogen and oxygen atoms in total. The number of rotatable bonds is 5. The van der Waals surface area contributed by atoms with Crippen LogP contribution in [0.2, 0.25) is 0 Å². The summed E-state index contributed by atoms with van der Waals surface area (Å²) in [5.74, 6) is -1.21. The Kier molecular flexibility index (Phi) is 4.56. The molecule has 1 aromatic rings. The first-order chi connectivity index (χ1) is 8.54. The normalized spacial score (nSPS) is 9.33. The maximum absolute atomic E-state index is 11.6. The number of anilines is 1. The summed E-state index contributed by atoms with van der Waals surface area (Å²) in [4.78, 5) is 32.6. The quantitative estimate of drug-likeness (QED) is 0.617. The fraction of sp³-hybridized carbons (Fsp3) is 0.0909. The van der Waals surface area contributed by atoms with Crippen LogP contribution in [0.4, 0.5) is 10.5 Å². The summed E-state index contributed by atoms with van der Waals surface area (Å²) in [5, 5.41) is 13.7. The lowest BCUT2D eigenvalue weighted by Crippen LogP contribution is -2.30. The van der Waals surface area contributed by atoms with E-state index in [9.17, 15) is 14.5 Å². The molecule has 1 rings (SSSR count). The minimum Gasteiger partial charge on any atom is -0.481 e. The van der Waals surface area contributed by atoms with E-state index in [1.54, 1.807) is 30.3 Å². The van der Waals surface area contributed by atoms with E-state index in [0.29, 0.717) is 10.7 Å². The number of hydrogen-bond donors (Lipinski definition) is 2. The number of para-hydroxylation sites is 1. The van der Waals surface area contributed by atoms with Crippen molar-refractivity contribution in [3.05, 3.63) is 47.5 Å². The van der Waals surface area contributed by atoms with Gasteiger partial charge >= 0.3 is 12.0 Å². The molecule has 0 bridgehead atoms. The SMILES string of the molecule is C=C(CC(=O)O)N(N=O)C(=O)Nc1ccccc1. The van der Waals surface area contributed by atoms with E-state index < -0.39 is 18.4 Å². The number of benzene rings is 1. The minimum atomic E-state index is -1.21. The Labute approximate surface area is 103 Å². The van der Waals surface area contributed by atoms with Gasteiger partial charge in [-0.15, -0.1) is 9.92 Å². The van der Waals surface area contributed by atoms with E-state index in [1.807, 2.05) is 0 Å². The zero-order chi connectivity index (χ0) is 13.5. The summed E-state index contributed by atoms with van der Waals surface area (Å²) < 4.78 is 0. The zero-order valence-corrected chi connectivity index (χ0v) is 9.37. The number of nitroso groups, excluding NO2 is 1. The summed E-state index contributed by atoms with van der Waals surface area (Å²) in [5.41, 5.74) is 0.241. The molecule has 94 valence electrons. The molecule has 0 aliphatic rings. The van der Waals surface area contributed by atoms with Gasteiger partial charge in [-0.2, -0.15) is 0 Å². The van der Waals surface area contributed by atoms with Gasteiger partial charge in [0.15, 0.2) is 0 Å². The third-order valence-electron chi connectivity index (χ3n) is 1.95. The Morgan fingerprint density at radius 2 is 1.94 bits per heavy atom. The zero-order valence-electron chi connectivity index (χ0n) is 9.37. The summed E-state index contributed by atoms with van der Waals surface area (Å²) in [6.07, 6.45) is -0.548. The van der Waals surface area contributed by atoms with Crippen LogP contribution in [0, 0.1) is 4.91 Å². The van der Waals surface area contributed by atoms with Crippen LogP contribution in [0.5, 0.6) is 0 Å². The smallest absolute Gasteiger partial charge is 0.349 e. The second-order valence-corrected chi connectivity index (χ2v) is 3.33. The van der Waals surface area contributed by atoms with Crippen molar-refractivity contribution < 1.29 is 14.7 Å². The number of nitrogens with one attached hydrogen (secondary N) is 1. The largest absolute Gasteiger partial charge is 0.481 e. The minimum absolute atomic E-state index is 0.217. The summed E-state index contributed by atoms with van der Waals surface area (Å²) >= 11 is 0. The third-order valence-corrected chi connectivity index (χ3v) is 1.95. The molecule has 0 atom stereocenters. The lowest BCUT2D eigenvalue weighted by Gasteiger charge is -2.15. The molecule has 0 fully saturated rings. The molecule has 0 aliphatic carbocycles. The van der Waals surface area contributed by atoms with Crippen molar-refractivity contribution in [3.8, 4) is 0 Å². The van der Waals surface area contributed by atoms with E-state index in [4.69, 9.17) is 5.11 Å². The fourth-order valence-corrected chi connectivity index (χ4v) is 1.19. The lowest BCUT2D eigenvalue weighted by atomic mass is 10.3. The van der Waals surface area contributed by atoms with Crippen LogP contribution in [-0.2, 0) is 4.79 Å². The maximum atomic E-state index is 11.6. The molecule has 0 saturated heterocycles. The summed E-state index contributed by atoms with van der Waals surface area (Å²) in [6.45, 7) is 3.32. The predicted molar refractivity (Wildman–Crippen MR) is 64.5 cm³/mol. The molecule has 18 heavy (non-hydrogen) atoms. The molecule has 0 spiro atoms. The van der Waals surface area contributed by atoms with Gasteiger partial charge in [0.1, 0.15) is 0 Å². The molecule has 0 heterocycles. The average Bonchev–Trinajstić information content (AvgIpc) is 2.30. The van der Waals surface area contributed by atoms with Crippen LogP contribution < -0.4 is 5.32 Å². The number of carbonyl (C=O) groups is 2. The highest BCUT2D eigenvalue weighted by molar-refractivity contribution is 5.90. The number of carbonyl (C=O) groups excluding carboxylic acids is 1. The number of carboxylic acid groups (broad SMARTS) is 1. The first kappa shape index (κ1) is 13.4. The topological polar surface area (TPSA) is 99.1 Å². The molecule has 2 amide bonds. The predicted octanol–water partition coefficient (Wildman–Crippen LogP) is 2.19. The van der Waals surface area contributed by atoms with Gasteiger partial charge in [-0.3, -0.25) is 4.79 Å². The molecular weight excluding hydrogens is 238 g/mol. The average molecular weight is 249 g/mol. The van der Waals surface area contributed by atoms with Crippen LogP contribution in [0.1, 0.15) is 6.42 Å². The monoisotopic (exact) mass is 249 g/mol. The standard InChI is InChI=1S/C11H11N3O4/c1-8(7-10(15)16)14(13-18)11(17)12-9-5-3-2-4-6-9/h2-6H,1,7H2,(H,12,17)(H,15,16). The van der Waals surface area contributed by atoms with E-state index in [-0.39, 0.29) is 5.70 Å². The van der Waals surface area contributed by atoms with Gasteiger partial charge in [0.2, 0.25) is 0 Å². The molecule has 2 N–H and O–H groups in total. The number of amides is 2. The van der Waals surface area contributed by atoms with Gasteiger partial charge in [0.05, 0.1) is 17.4 Å². The maximum Gasteiger partial charge on any atom is 0.349 e. The van der Waals surface area contributed by atoms with Gasteiger partial charge in [0.25, 0.3) is 0 Å². The Hall–Kier alpha value is -2.70. The van der Waals surface area contributed by atoms with Crippen LogP contribution in [0.15, 0.2) is 47.9 Å². The molecule has 0 saturated carbocycles. The fourth-order valence-electron chi connectivity index (χ4n) is 1.19. The van der Waals surface area contributed by atoms with Crippen LogP contribution in [-0.4, -0.2) is 22.1 Å². The van der Waals surface area contributed by atoms with E-state index in [2.05, 4.69) is 17.2 Å². The molecule has 0 aromatic heterocycles. The molecule has 0 radical (unpaired) electrons. The molecule has 7 heteroatoms. The summed E-state index contributed by atoms with van der Waals surface area (Å²) in [7, 11) is 0. The second-order valence-electron chi connectivity index (χ2n) is 3.33. The number of hydrogen-bond acceptors (Lipinski definition) is 4. The van der Waals surface area contributed by atoms with Crippen LogP contribution in [0.25, 0.3) is 0 Å². The van der Waals surface area contributed by atoms with Gasteiger partial charge in [-0.1, -0.05) is 24.8 Å². The first-order valence-corrected chi connectivity index (χ1v) is 4.93. The van der Waals surface area contributed by atoms with Gasteiger partial charge in [-0.05, 0) is 12.1 Å². The summed E-state index contributed by atoms with van der Waals surface area (Å²) in [6, 6.07) is 7.51. The van der Waals surface area contributed by atoms with E-state index in [1.165, 1.54) is 0 Å². The van der Waals surface area contributed by atoms with Crippen molar-refractivity contribution in [2.45, 2.75) is 6.42 Å². The Balaban J connectivity index is 2.71. The van der Waals surface area contributed by atoms with Crippen LogP contribution >= 0.6 is 0 Å². The van der Waals surface area contributed by atoms with E-state index in [0.717, 1.165) is 0 Å². The highest BCUT2D eigenvalue weighted by Gasteiger charge is 2.19. The third kappa shape index (κ3) is 3.71. The van der Waals surface area contributed by atoms with Gasteiger partial charge in [0, 0.05) is 5.69 Å². The lowest BCUT2D eigenvalue weighted by molar-refractivity contribution is -0.136. The Bertz CT molecular complexity index is 472. The Morgan fingerprint density at radius 3 is 2.44 bits per heavy atom. The van der Waals surface area contributed by atoms with Crippen molar-refractivity contribution in [1.29, 1.82) is 0 Å². The number of urea groups is 1. The van der Waals surface area contributed by atoms with Crippen LogP contribution in [0.3, 0.4) is 0 Å². The number of aliphatic carboxylic acids is 1. The highest BCUT2D eigenvalue weighted by atomic mass is 16.4. The molecule has 0 aliphatic heterocycles. The van der Waals surface area contributed by atoms with Gasteiger partial charge in [-0.25, -0.2) is 4.79 Å². The highest BCUT2D eigenvalue weighted by Crippen LogP contribution is 2.12. The van der Waals surface area contributed by atoms with E-state index >= 15 is 0 Å². The first-order valence-electron chi connectivity index (χ1n) is 4.93. The number of carboxylic acids is 1. The van der Waals surface area contributed by atoms with Crippen molar-refractivity contribution in [2.75, 3.05) is 5.32 Å². The van der Waals surface area contributed by atoms with Crippen molar-refractivity contribution in [2.24, 2.45) is 5.29 Å². The molecule has 1 aromatic carbocycles. The number of nitrogens with zero attached hydrogens (tertiary/aromatic N) is 2. The van der Waals surface area contributed by atoms with Gasteiger partial charge < -0.3 is 10.4 Å². The Morgan fingerprint density at radius 1 is 1.33 bits per heavy atom. The van der Waals surface area contributed by atoms with Crippen molar-refractivity contribution in [1.82, 2.24) is 5.01 Å². The van der Waals surface area contributed by atoms with Crippen molar-refractivity contribution in [3.63, 3.8) is 0 Å². The van der Waals surface area contributed by atoms with Crippen molar-refractivity contribution >= 4 is 17.7 Å². The second kappa shape index (κ2) is 6.14.